The van der Waals surface area contributed by atoms with Crippen molar-refractivity contribution in [3.8, 4) is 22.6 Å². The van der Waals surface area contributed by atoms with Crippen molar-refractivity contribution < 1.29 is 12.8 Å². The van der Waals surface area contributed by atoms with E-state index in [0.29, 0.717) is 39.2 Å². The predicted molar refractivity (Wildman–Crippen MR) is 118 cm³/mol. The van der Waals surface area contributed by atoms with E-state index in [1.54, 1.807) is 36.4 Å². The molecule has 4 rings (SSSR count). The van der Waals surface area contributed by atoms with Crippen LogP contribution in [0.25, 0.3) is 22.6 Å². The molecule has 4 aromatic rings. The molecule has 1 heterocycles. The number of aromatic nitrogens is 1. The largest absolute Gasteiger partial charge is 0.440 e. The maximum absolute atomic E-state index is 12.2. The lowest BCUT2D eigenvalue weighted by Gasteiger charge is -2.08. The molecule has 0 aliphatic rings. The summed E-state index contributed by atoms with van der Waals surface area (Å²) in [5.74, 6) is 0.691. The summed E-state index contributed by atoms with van der Waals surface area (Å²) in [6.07, 6.45) is 0.427. The molecule has 8 heteroatoms. The third kappa shape index (κ3) is 4.27. The maximum atomic E-state index is 12.2. The smallest absolute Gasteiger partial charge is 0.238 e. The molecule has 152 valence electrons. The third-order valence-corrected chi connectivity index (χ3v) is 6.01. The molecule has 0 aliphatic carbocycles. The molecule has 1 aromatic heterocycles. The number of benzene rings is 3. The van der Waals surface area contributed by atoms with Gasteiger partial charge in [0.25, 0.3) is 0 Å². The van der Waals surface area contributed by atoms with Gasteiger partial charge in [0.2, 0.25) is 10.0 Å². The predicted octanol–water partition coefficient (Wildman–Crippen LogP) is 5.55. The fourth-order valence-electron chi connectivity index (χ4n) is 3.16. The van der Waals surface area contributed by atoms with Crippen LogP contribution in [0.3, 0.4) is 0 Å². The fourth-order valence-corrected chi connectivity index (χ4v) is 4.39. The summed E-state index contributed by atoms with van der Waals surface area (Å²) in [5, 5.41) is 6.28. The van der Waals surface area contributed by atoms with Gasteiger partial charge in [-0.2, -0.15) is 0 Å². The van der Waals surface area contributed by atoms with E-state index in [1.807, 2.05) is 30.3 Å². The van der Waals surface area contributed by atoms with Gasteiger partial charge in [-0.15, -0.1) is 0 Å². The molecule has 5 nitrogen and oxygen atoms in total. The lowest BCUT2D eigenvalue weighted by molar-refractivity contribution is 0.518. The number of sulfonamides is 1. The molecule has 0 radical (unpaired) electrons. The minimum atomic E-state index is -3.99. The van der Waals surface area contributed by atoms with Crippen LogP contribution in [0.1, 0.15) is 11.5 Å². The Morgan fingerprint density at radius 2 is 1.60 bits per heavy atom. The van der Waals surface area contributed by atoms with Gasteiger partial charge >= 0.3 is 0 Å². The number of hydrogen-bond donors (Lipinski definition) is 1. The third-order valence-electron chi connectivity index (χ3n) is 4.49. The average molecular weight is 459 g/mol. The first-order chi connectivity index (χ1) is 14.3. The number of nitrogens with two attached hydrogens (primary N) is 1. The molecule has 0 atom stereocenters. The van der Waals surface area contributed by atoms with Crippen molar-refractivity contribution in [2.45, 2.75) is 11.3 Å². The van der Waals surface area contributed by atoms with E-state index in [4.69, 9.17) is 32.8 Å². The van der Waals surface area contributed by atoms with Gasteiger partial charge in [0.05, 0.1) is 9.92 Å². The second kappa shape index (κ2) is 8.24. The summed E-state index contributed by atoms with van der Waals surface area (Å²) in [7, 11) is -3.99. The quantitative estimate of drug-likeness (QED) is 0.424. The van der Waals surface area contributed by atoms with Gasteiger partial charge in [0.15, 0.2) is 11.7 Å². The molecule has 0 aliphatic heterocycles. The first-order valence-corrected chi connectivity index (χ1v) is 11.2. The van der Waals surface area contributed by atoms with Gasteiger partial charge < -0.3 is 4.42 Å². The van der Waals surface area contributed by atoms with Crippen LogP contribution in [-0.2, 0) is 16.4 Å². The lowest BCUT2D eigenvalue weighted by atomic mass is 10.1. The molecule has 0 fully saturated rings. The topological polar surface area (TPSA) is 86.2 Å². The van der Waals surface area contributed by atoms with Crippen molar-refractivity contribution in [2.24, 2.45) is 5.14 Å². The Balaban J connectivity index is 1.93. The molecule has 0 saturated heterocycles. The van der Waals surface area contributed by atoms with Crippen molar-refractivity contribution in [3.63, 3.8) is 0 Å². The number of nitrogens with zero attached hydrogens (tertiary/aromatic N) is 1. The zero-order chi connectivity index (χ0) is 21.3. The molecule has 0 bridgehead atoms. The zero-order valence-electron chi connectivity index (χ0n) is 15.5. The molecule has 0 unspecified atom stereocenters. The number of halogens is 2. The average Bonchev–Trinajstić information content (AvgIpc) is 3.11. The molecule has 2 N–H and O–H groups in total. The standard InChI is InChI=1S/C22H16Cl2N2O3S/c23-15-10-11-16(18(24)13-15)21-22(17-8-4-5-9-19(17)30(25,27)28)29-20(26-21)12-14-6-2-1-3-7-14/h1-11,13H,12H2,(H2,25,27,28). The number of oxazole rings is 1. The van der Waals surface area contributed by atoms with Crippen molar-refractivity contribution in [1.82, 2.24) is 4.98 Å². The molecule has 30 heavy (non-hydrogen) atoms. The van der Waals surface area contributed by atoms with E-state index >= 15 is 0 Å². The second-order valence-electron chi connectivity index (χ2n) is 6.61. The Morgan fingerprint density at radius 3 is 2.30 bits per heavy atom. The van der Waals surface area contributed by atoms with E-state index in [0.717, 1.165) is 5.56 Å². The number of primary sulfonamides is 1. The molecule has 0 spiro atoms. The summed E-state index contributed by atoms with van der Waals surface area (Å²) in [6.45, 7) is 0. The lowest BCUT2D eigenvalue weighted by Crippen LogP contribution is -2.13. The first-order valence-electron chi connectivity index (χ1n) is 8.94. The van der Waals surface area contributed by atoms with E-state index in [9.17, 15) is 8.42 Å². The van der Waals surface area contributed by atoms with Crippen LogP contribution in [0.5, 0.6) is 0 Å². The van der Waals surface area contributed by atoms with Gasteiger partial charge in [-0.3, -0.25) is 0 Å². The summed E-state index contributed by atoms with van der Waals surface area (Å²) in [4.78, 5) is 4.58. The van der Waals surface area contributed by atoms with Crippen molar-refractivity contribution >= 4 is 33.2 Å². The fraction of sp³-hybridized carbons (Fsp3) is 0.0455. The summed E-state index contributed by atoms with van der Waals surface area (Å²) in [5.41, 5.74) is 2.30. The Hall–Kier alpha value is -2.64. The van der Waals surface area contributed by atoms with Gasteiger partial charge in [-0.05, 0) is 35.9 Å². The highest BCUT2D eigenvalue weighted by atomic mass is 35.5. The van der Waals surface area contributed by atoms with Crippen LogP contribution in [0.4, 0.5) is 0 Å². The van der Waals surface area contributed by atoms with Gasteiger partial charge in [-0.25, -0.2) is 18.5 Å². The number of hydrogen-bond acceptors (Lipinski definition) is 4. The van der Waals surface area contributed by atoms with Gasteiger partial charge in [0, 0.05) is 22.6 Å². The van der Waals surface area contributed by atoms with Crippen molar-refractivity contribution in [2.75, 3.05) is 0 Å². The molecular formula is C22H16Cl2N2O3S. The Morgan fingerprint density at radius 1 is 0.900 bits per heavy atom. The summed E-state index contributed by atoms with van der Waals surface area (Å²) >= 11 is 12.4. The van der Waals surface area contributed by atoms with Crippen LogP contribution < -0.4 is 5.14 Å². The zero-order valence-corrected chi connectivity index (χ0v) is 17.9. The Labute approximate surface area is 184 Å². The van der Waals surface area contributed by atoms with E-state index in [2.05, 4.69) is 4.98 Å². The van der Waals surface area contributed by atoms with Crippen LogP contribution in [-0.4, -0.2) is 13.4 Å². The molecule has 0 amide bonds. The van der Waals surface area contributed by atoms with Crippen molar-refractivity contribution in [1.29, 1.82) is 0 Å². The Kier molecular flexibility index (Phi) is 5.66. The van der Waals surface area contributed by atoms with Gasteiger partial charge in [-0.1, -0.05) is 65.7 Å². The van der Waals surface area contributed by atoms with Crippen LogP contribution in [0.15, 0.2) is 82.1 Å². The van der Waals surface area contributed by atoms with Crippen LogP contribution in [0.2, 0.25) is 10.0 Å². The highest BCUT2D eigenvalue weighted by Gasteiger charge is 2.24. The van der Waals surface area contributed by atoms with E-state index in [1.165, 1.54) is 6.07 Å². The summed E-state index contributed by atoms with van der Waals surface area (Å²) < 4.78 is 30.4. The second-order valence-corrected chi connectivity index (χ2v) is 8.99. The molecular weight excluding hydrogens is 443 g/mol. The highest BCUT2D eigenvalue weighted by molar-refractivity contribution is 7.89. The Bertz CT molecular complexity index is 1320. The van der Waals surface area contributed by atoms with E-state index < -0.39 is 10.0 Å². The maximum Gasteiger partial charge on any atom is 0.238 e. The minimum Gasteiger partial charge on any atom is -0.440 e. The van der Waals surface area contributed by atoms with Gasteiger partial charge in [0.1, 0.15) is 5.69 Å². The molecule has 0 saturated carbocycles. The normalized spacial score (nSPS) is 11.6. The first kappa shape index (κ1) is 20.6. The van der Waals surface area contributed by atoms with Crippen LogP contribution in [0, 0.1) is 0 Å². The minimum absolute atomic E-state index is 0.0567. The SMILES string of the molecule is NS(=O)(=O)c1ccccc1-c1oc(Cc2ccccc2)nc1-c1ccc(Cl)cc1Cl. The number of rotatable bonds is 5. The van der Waals surface area contributed by atoms with E-state index in [-0.39, 0.29) is 10.7 Å². The highest BCUT2D eigenvalue weighted by Crippen LogP contribution is 2.39. The van der Waals surface area contributed by atoms with Crippen LogP contribution >= 0.6 is 23.2 Å². The molecule has 3 aromatic carbocycles. The monoisotopic (exact) mass is 458 g/mol. The summed E-state index contributed by atoms with van der Waals surface area (Å²) in [6, 6.07) is 21.0. The van der Waals surface area contributed by atoms with Crippen molar-refractivity contribution in [3.05, 3.63) is 94.3 Å².